The van der Waals surface area contributed by atoms with Crippen LogP contribution in [0.4, 0.5) is 0 Å². The van der Waals surface area contributed by atoms with Crippen molar-refractivity contribution in [2.24, 2.45) is 0 Å². The number of hydrogen-bond acceptors (Lipinski definition) is 10. The SMILES string of the molecule is C=C(CC(=O)N(CC(C)O)CC(C)O)C(=O)O.C=C1CC(=O)OC1=O.CC(O)CNCC(C)O. The number of carboxylic acids is 1. The van der Waals surface area contributed by atoms with E-state index in [0.717, 1.165) is 0 Å². The van der Waals surface area contributed by atoms with E-state index in [-0.39, 0.29) is 49.3 Å². The van der Waals surface area contributed by atoms with E-state index in [0.29, 0.717) is 13.1 Å². The van der Waals surface area contributed by atoms with Gasteiger partial charge in [0.2, 0.25) is 5.91 Å². The van der Waals surface area contributed by atoms with Crippen molar-refractivity contribution in [1.29, 1.82) is 0 Å². The van der Waals surface area contributed by atoms with Crippen molar-refractivity contribution in [2.45, 2.75) is 65.0 Å². The number of carbonyl (C=O) groups excluding carboxylic acids is 3. The second kappa shape index (κ2) is 17.8. The Morgan fingerprint density at radius 3 is 1.65 bits per heavy atom. The Bertz CT molecular complexity index is 666. The minimum Gasteiger partial charge on any atom is -0.478 e. The molecular weight excluding hydrogens is 452 g/mol. The van der Waals surface area contributed by atoms with E-state index in [9.17, 15) is 29.4 Å². The highest BCUT2D eigenvalue weighted by Crippen LogP contribution is 2.10. The highest BCUT2D eigenvalue weighted by Gasteiger charge is 2.24. The lowest BCUT2D eigenvalue weighted by Gasteiger charge is -2.25. The molecular formula is C22H38N2O10. The first-order chi connectivity index (χ1) is 15.6. The molecule has 0 saturated carbocycles. The molecule has 0 aromatic rings. The maximum atomic E-state index is 11.7. The van der Waals surface area contributed by atoms with Gasteiger partial charge in [-0.25, -0.2) is 9.59 Å². The van der Waals surface area contributed by atoms with Crippen LogP contribution in [0.5, 0.6) is 0 Å². The lowest BCUT2D eigenvalue weighted by Crippen LogP contribution is -2.41. The third-order valence-electron chi connectivity index (χ3n) is 3.72. The number of carboxylic acid groups (broad SMARTS) is 1. The van der Waals surface area contributed by atoms with Gasteiger partial charge in [-0.1, -0.05) is 13.2 Å². The normalized spacial score (nSPS) is 16.1. The first-order valence-corrected chi connectivity index (χ1v) is 10.6. The molecule has 12 heteroatoms. The molecule has 0 spiro atoms. The van der Waals surface area contributed by atoms with Crippen LogP contribution < -0.4 is 5.32 Å². The summed E-state index contributed by atoms with van der Waals surface area (Å²) in [5.41, 5.74) is 0.0335. The second-order valence-corrected chi connectivity index (χ2v) is 7.98. The topological polar surface area (TPSA) is 194 Å². The summed E-state index contributed by atoms with van der Waals surface area (Å²) >= 11 is 0. The van der Waals surface area contributed by atoms with Gasteiger partial charge in [-0.2, -0.15) is 0 Å². The van der Waals surface area contributed by atoms with E-state index in [1.807, 2.05) is 0 Å². The summed E-state index contributed by atoms with van der Waals surface area (Å²) in [7, 11) is 0. The van der Waals surface area contributed by atoms with Crippen LogP contribution in [0, 0.1) is 0 Å². The lowest BCUT2D eigenvalue weighted by molar-refractivity contribution is -0.151. The van der Waals surface area contributed by atoms with Crippen LogP contribution >= 0.6 is 0 Å². The van der Waals surface area contributed by atoms with Gasteiger partial charge in [0.1, 0.15) is 0 Å². The molecule has 34 heavy (non-hydrogen) atoms. The zero-order valence-corrected chi connectivity index (χ0v) is 20.2. The van der Waals surface area contributed by atoms with Gasteiger partial charge in [0.25, 0.3) is 0 Å². The Morgan fingerprint density at radius 1 is 0.971 bits per heavy atom. The molecule has 0 radical (unpaired) electrons. The Balaban J connectivity index is 0. The highest BCUT2D eigenvalue weighted by molar-refractivity contribution is 6.05. The summed E-state index contributed by atoms with van der Waals surface area (Å²) in [5, 5.41) is 47.4. The molecule has 4 unspecified atom stereocenters. The summed E-state index contributed by atoms with van der Waals surface area (Å²) in [6.45, 7) is 14.2. The van der Waals surface area contributed by atoms with Gasteiger partial charge in [0.05, 0.1) is 37.3 Å². The van der Waals surface area contributed by atoms with Crippen LogP contribution in [0.3, 0.4) is 0 Å². The van der Waals surface area contributed by atoms with Gasteiger partial charge in [0.15, 0.2) is 0 Å². The quantitative estimate of drug-likeness (QED) is 0.118. The van der Waals surface area contributed by atoms with Crippen LogP contribution in [0.25, 0.3) is 0 Å². The lowest BCUT2D eigenvalue weighted by atomic mass is 10.2. The Labute approximate surface area is 199 Å². The fourth-order valence-corrected chi connectivity index (χ4v) is 2.25. The van der Waals surface area contributed by atoms with Gasteiger partial charge >= 0.3 is 17.9 Å². The fraction of sp³-hybridized carbons (Fsp3) is 0.636. The van der Waals surface area contributed by atoms with Crippen LogP contribution in [0.2, 0.25) is 0 Å². The highest BCUT2D eigenvalue weighted by atomic mass is 16.6. The Morgan fingerprint density at radius 2 is 1.41 bits per heavy atom. The third kappa shape index (κ3) is 18.9. The molecule has 0 aromatic heterocycles. The molecule has 1 heterocycles. The number of aliphatic carboxylic acids is 1. The average molecular weight is 491 g/mol. The standard InChI is InChI=1S/C11H19NO5.C6H15NO2.C5H4O3/c1-7(11(16)17)4-10(15)12(5-8(2)13)6-9(3)14;1-5(8)3-7-4-6(2)9;1-3-2-4(6)8-5(3)7/h8-9,13-14H,1,4-6H2,2-3H3,(H,16,17);5-9H,3-4H2,1-2H3;1-2H2. The van der Waals surface area contributed by atoms with Gasteiger partial charge in [-0.3, -0.25) is 9.59 Å². The molecule has 12 nitrogen and oxygen atoms in total. The molecule has 0 aliphatic carbocycles. The van der Waals surface area contributed by atoms with Crippen molar-refractivity contribution in [1.82, 2.24) is 10.2 Å². The van der Waals surface area contributed by atoms with E-state index < -0.39 is 36.0 Å². The predicted octanol–water partition coefficient (Wildman–Crippen LogP) is -1.04. The summed E-state index contributed by atoms with van der Waals surface area (Å²) in [4.78, 5) is 43.9. The molecule has 1 amide bonds. The van der Waals surface area contributed by atoms with Crippen molar-refractivity contribution >= 4 is 23.8 Å². The molecule has 0 aromatic carbocycles. The number of carbonyl (C=O) groups is 4. The van der Waals surface area contributed by atoms with Crippen molar-refractivity contribution in [3.05, 3.63) is 24.3 Å². The maximum Gasteiger partial charge on any atom is 0.341 e. The minimum absolute atomic E-state index is 0.0522. The largest absolute Gasteiger partial charge is 0.478 e. The van der Waals surface area contributed by atoms with Crippen molar-refractivity contribution in [3.63, 3.8) is 0 Å². The van der Waals surface area contributed by atoms with E-state index in [2.05, 4.69) is 23.2 Å². The van der Waals surface area contributed by atoms with Crippen molar-refractivity contribution < 1.29 is 49.4 Å². The van der Waals surface area contributed by atoms with Gasteiger partial charge < -0.3 is 40.5 Å². The van der Waals surface area contributed by atoms with Gasteiger partial charge in [-0.15, -0.1) is 0 Å². The predicted molar refractivity (Wildman–Crippen MR) is 122 cm³/mol. The minimum atomic E-state index is -1.23. The number of hydrogen-bond donors (Lipinski definition) is 6. The zero-order valence-electron chi connectivity index (χ0n) is 20.2. The molecule has 1 aliphatic heterocycles. The number of esters is 2. The van der Waals surface area contributed by atoms with Crippen molar-refractivity contribution in [3.8, 4) is 0 Å². The van der Waals surface area contributed by atoms with Gasteiger partial charge in [0, 0.05) is 37.3 Å². The average Bonchev–Trinajstić information content (AvgIpc) is 2.95. The number of aliphatic hydroxyl groups is 4. The zero-order chi connectivity index (χ0) is 27.0. The van der Waals surface area contributed by atoms with E-state index in [1.54, 1.807) is 13.8 Å². The second-order valence-electron chi connectivity index (χ2n) is 7.98. The molecule has 6 N–H and O–H groups in total. The number of amides is 1. The fourth-order valence-electron chi connectivity index (χ4n) is 2.25. The monoisotopic (exact) mass is 490 g/mol. The van der Waals surface area contributed by atoms with Crippen LogP contribution in [0.1, 0.15) is 40.5 Å². The summed E-state index contributed by atoms with van der Waals surface area (Å²) in [6.07, 6.45) is -2.41. The number of cyclic esters (lactones) is 2. The molecule has 4 atom stereocenters. The number of rotatable bonds is 11. The molecule has 1 aliphatic rings. The first-order valence-electron chi connectivity index (χ1n) is 10.6. The number of aliphatic hydroxyl groups excluding tert-OH is 4. The number of nitrogens with one attached hydrogen (secondary N) is 1. The number of ether oxygens (including phenoxy) is 1. The third-order valence-corrected chi connectivity index (χ3v) is 3.72. The Kier molecular flexibility index (Phi) is 17.5. The summed E-state index contributed by atoms with van der Waals surface area (Å²) in [6, 6.07) is 0. The first kappa shape index (κ1) is 33.5. The summed E-state index contributed by atoms with van der Waals surface area (Å²) in [5.74, 6) is -2.79. The van der Waals surface area contributed by atoms with Gasteiger partial charge in [-0.05, 0) is 27.7 Å². The maximum absolute atomic E-state index is 11.7. The van der Waals surface area contributed by atoms with Crippen LogP contribution in [-0.4, -0.2) is 105 Å². The molecule has 196 valence electrons. The molecule has 1 rings (SSSR count). The van der Waals surface area contributed by atoms with Crippen LogP contribution in [-0.2, 0) is 23.9 Å². The molecule has 1 fully saturated rings. The number of nitrogens with zero attached hydrogens (tertiary/aromatic N) is 1. The molecule has 0 bridgehead atoms. The Hall–Kier alpha value is -2.64. The van der Waals surface area contributed by atoms with E-state index in [1.165, 1.54) is 18.7 Å². The smallest absolute Gasteiger partial charge is 0.341 e. The van der Waals surface area contributed by atoms with Crippen LogP contribution in [0.15, 0.2) is 24.3 Å². The molecule has 1 saturated heterocycles. The summed E-state index contributed by atoms with van der Waals surface area (Å²) < 4.78 is 4.10. The van der Waals surface area contributed by atoms with E-state index in [4.69, 9.17) is 15.3 Å². The van der Waals surface area contributed by atoms with Crippen molar-refractivity contribution in [2.75, 3.05) is 26.2 Å². The van der Waals surface area contributed by atoms with E-state index >= 15 is 0 Å².